The summed E-state index contributed by atoms with van der Waals surface area (Å²) in [7, 11) is 0. The van der Waals surface area contributed by atoms with Crippen LogP contribution in [0.4, 0.5) is 17.5 Å². The summed E-state index contributed by atoms with van der Waals surface area (Å²) in [5.41, 5.74) is 3.22. The monoisotopic (exact) mass is 334 g/mol. The Bertz CT molecular complexity index is 578. The van der Waals surface area contributed by atoms with Crippen LogP contribution in [0.15, 0.2) is 28.9 Å². The van der Waals surface area contributed by atoms with Crippen LogP contribution in [0.3, 0.4) is 0 Å². The van der Waals surface area contributed by atoms with E-state index in [1.54, 1.807) is 0 Å². The number of aromatic nitrogens is 2. The van der Waals surface area contributed by atoms with E-state index in [1.807, 2.05) is 19.2 Å². The van der Waals surface area contributed by atoms with Crippen molar-refractivity contribution in [3.63, 3.8) is 0 Å². The van der Waals surface area contributed by atoms with Gasteiger partial charge in [-0.1, -0.05) is 22.9 Å². The number of halogens is 1. The van der Waals surface area contributed by atoms with Crippen LogP contribution in [0.25, 0.3) is 0 Å². The van der Waals surface area contributed by atoms with Gasteiger partial charge in [0, 0.05) is 28.5 Å². The fourth-order valence-corrected chi connectivity index (χ4v) is 2.44. The van der Waals surface area contributed by atoms with Gasteiger partial charge < -0.3 is 10.6 Å². The number of hydrogen-bond acceptors (Lipinski definition) is 4. The summed E-state index contributed by atoms with van der Waals surface area (Å²) in [4.78, 5) is 8.80. The van der Waals surface area contributed by atoms with E-state index in [9.17, 15) is 0 Å². The number of benzene rings is 1. The minimum Gasteiger partial charge on any atom is -0.354 e. The Kier molecular flexibility index (Phi) is 4.95. The molecule has 4 nitrogen and oxygen atoms in total. The smallest absolute Gasteiger partial charge is 0.224 e. The van der Waals surface area contributed by atoms with E-state index in [4.69, 9.17) is 0 Å². The van der Waals surface area contributed by atoms with Gasteiger partial charge in [0.2, 0.25) is 5.95 Å². The normalized spacial score (nSPS) is 10.4. The predicted octanol–water partition coefficient (Wildman–Crippen LogP) is 4.42. The summed E-state index contributed by atoms with van der Waals surface area (Å²) >= 11 is 3.51. The maximum atomic E-state index is 4.52. The highest BCUT2D eigenvalue weighted by molar-refractivity contribution is 9.10. The number of nitrogens with one attached hydrogen (secondary N) is 2. The molecule has 20 heavy (non-hydrogen) atoms. The van der Waals surface area contributed by atoms with E-state index in [1.165, 1.54) is 5.56 Å². The first-order valence-electron chi connectivity index (χ1n) is 6.70. The Balaban J connectivity index is 2.23. The van der Waals surface area contributed by atoms with E-state index in [-0.39, 0.29) is 0 Å². The summed E-state index contributed by atoms with van der Waals surface area (Å²) in [5, 5.41) is 6.55. The number of rotatable bonds is 5. The molecule has 2 rings (SSSR count). The molecule has 0 unspecified atom stereocenters. The molecule has 0 saturated carbocycles. The summed E-state index contributed by atoms with van der Waals surface area (Å²) in [5.74, 6) is 1.49. The Labute approximate surface area is 128 Å². The summed E-state index contributed by atoms with van der Waals surface area (Å²) in [6, 6.07) is 6.20. The summed E-state index contributed by atoms with van der Waals surface area (Å²) in [6.07, 6.45) is 2.88. The van der Waals surface area contributed by atoms with E-state index in [2.05, 4.69) is 62.5 Å². The SMILES string of the molecule is CCCNc1ncc(C)c(Nc2cc(C)cc(Br)c2)n1. The standard InChI is InChI=1S/C15H19BrN4/c1-4-5-17-15-18-9-11(3)14(20-15)19-13-7-10(2)6-12(16)8-13/h6-9H,4-5H2,1-3H3,(H2,17,18,19,20). The van der Waals surface area contributed by atoms with Crippen molar-refractivity contribution in [2.75, 3.05) is 17.2 Å². The van der Waals surface area contributed by atoms with Crippen LogP contribution in [0, 0.1) is 13.8 Å². The molecule has 2 aromatic rings. The molecule has 0 amide bonds. The van der Waals surface area contributed by atoms with E-state index in [0.29, 0.717) is 5.95 Å². The number of nitrogens with zero attached hydrogens (tertiary/aromatic N) is 2. The minimum atomic E-state index is 0.659. The van der Waals surface area contributed by atoms with Gasteiger partial charge in [-0.2, -0.15) is 4.98 Å². The topological polar surface area (TPSA) is 49.8 Å². The average molecular weight is 335 g/mol. The van der Waals surface area contributed by atoms with Crippen molar-refractivity contribution in [1.82, 2.24) is 9.97 Å². The van der Waals surface area contributed by atoms with Crippen LogP contribution in [0.5, 0.6) is 0 Å². The van der Waals surface area contributed by atoms with Crippen LogP contribution in [0.1, 0.15) is 24.5 Å². The molecule has 0 spiro atoms. The Hall–Kier alpha value is -1.62. The molecular formula is C15H19BrN4. The molecule has 2 N–H and O–H groups in total. The molecule has 0 fully saturated rings. The molecule has 1 aromatic heterocycles. The van der Waals surface area contributed by atoms with E-state index >= 15 is 0 Å². The third-order valence-electron chi connectivity index (χ3n) is 2.81. The van der Waals surface area contributed by atoms with Crippen LogP contribution in [0.2, 0.25) is 0 Å². The number of anilines is 3. The Morgan fingerprint density at radius 2 is 2.00 bits per heavy atom. The lowest BCUT2D eigenvalue weighted by Crippen LogP contribution is -2.06. The Morgan fingerprint density at radius 3 is 2.70 bits per heavy atom. The summed E-state index contributed by atoms with van der Waals surface area (Å²) < 4.78 is 1.05. The van der Waals surface area contributed by atoms with Gasteiger partial charge in [0.25, 0.3) is 0 Å². The third-order valence-corrected chi connectivity index (χ3v) is 3.27. The van der Waals surface area contributed by atoms with Crippen LogP contribution >= 0.6 is 15.9 Å². The molecule has 0 saturated heterocycles. The lowest BCUT2D eigenvalue weighted by molar-refractivity contribution is 0.950. The number of hydrogen-bond donors (Lipinski definition) is 2. The van der Waals surface area contributed by atoms with Gasteiger partial charge in [-0.25, -0.2) is 4.98 Å². The lowest BCUT2D eigenvalue weighted by atomic mass is 10.2. The molecule has 0 bridgehead atoms. The highest BCUT2D eigenvalue weighted by atomic mass is 79.9. The van der Waals surface area contributed by atoms with Gasteiger partial charge in [0.1, 0.15) is 5.82 Å². The lowest BCUT2D eigenvalue weighted by Gasteiger charge is -2.11. The molecule has 0 aliphatic heterocycles. The van der Waals surface area contributed by atoms with Gasteiger partial charge in [-0.15, -0.1) is 0 Å². The fraction of sp³-hybridized carbons (Fsp3) is 0.333. The second-order valence-electron chi connectivity index (χ2n) is 4.79. The zero-order valence-electron chi connectivity index (χ0n) is 12.0. The predicted molar refractivity (Wildman–Crippen MR) is 87.7 cm³/mol. The second kappa shape index (κ2) is 6.70. The van der Waals surface area contributed by atoms with E-state index < -0.39 is 0 Å². The van der Waals surface area contributed by atoms with Gasteiger partial charge in [0.05, 0.1) is 0 Å². The highest BCUT2D eigenvalue weighted by Gasteiger charge is 2.05. The third kappa shape index (κ3) is 3.93. The molecule has 0 aliphatic carbocycles. The first-order valence-corrected chi connectivity index (χ1v) is 7.49. The maximum absolute atomic E-state index is 4.52. The van der Waals surface area contributed by atoms with Gasteiger partial charge in [-0.3, -0.25) is 0 Å². The molecule has 1 aromatic carbocycles. The zero-order valence-corrected chi connectivity index (χ0v) is 13.6. The fourth-order valence-electron chi connectivity index (χ4n) is 1.84. The molecule has 1 heterocycles. The maximum Gasteiger partial charge on any atom is 0.224 e. The molecule has 0 radical (unpaired) electrons. The molecule has 0 atom stereocenters. The van der Waals surface area contributed by atoms with Crippen molar-refractivity contribution in [3.8, 4) is 0 Å². The van der Waals surface area contributed by atoms with E-state index in [0.717, 1.165) is 34.5 Å². The quantitative estimate of drug-likeness (QED) is 0.849. The van der Waals surface area contributed by atoms with Gasteiger partial charge in [0.15, 0.2) is 0 Å². The molecule has 0 aliphatic rings. The Morgan fingerprint density at radius 1 is 1.20 bits per heavy atom. The van der Waals surface area contributed by atoms with Gasteiger partial charge in [-0.05, 0) is 44.0 Å². The molecule has 106 valence electrons. The van der Waals surface area contributed by atoms with Crippen molar-refractivity contribution < 1.29 is 0 Å². The van der Waals surface area contributed by atoms with Crippen molar-refractivity contribution in [3.05, 3.63) is 40.0 Å². The van der Waals surface area contributed by atoms with Gasteiger partial charge >= 0.3 is 0 Å². The zero-order chi connectivity index (χ0) is 14.5. The second-order valence-corrected chi connectivity index (χ2v) is 5.71. The van der Waals surface area contributed by atoms with Crippen LogP contribution in [-0.4, -0.2) is 16.5 Å². The molecule has 5 heteroatoms. The number of aryl methyl sites for hydroxylation is 2. The highest BCUT2D eigenvalue weighted by Crippen LogP contribution is 2.23. The summed E-state index contributed by atoms with van der Waals surface area (Å²) in [6.45, 7) is 7.05. The van der Waals surface area contributed by atoms with Crippen molar-refractivity contribution >= 4 is 33.4 Å². The average Bonchev–Trinajstić information content (AvgIpc) is 2.38. The van der Waals surface area contributed by atoms with Crippen molar-refractivity contribution in [2.45, 2.75) is 27.2 Å². The van der Waals surface area contributed by atoms with Crippen LogP contribution in [-0.2, 0) is 0 Å². The van der Waals surface area contributed by atoms with Crippen LogP contribution < -0.4 is 10.6 Å². The van der Waals surface area contributed by atoms with Crippen molar-refractivity contribution in [2.24, 2.45) is 0 Å². The largest absolute Gasteiger partial charge is 0.354 e. The van der Waals surface area contributed by atoms with Crippen molar-refractivity contribution in [1.29, 1.82) is 0 Å². The molecular weight excluding hydrogens is 316 g/mol. The first kappa shape index (κ1) is 14.8. The minimum absolute atomic E-state index is 0.659. The first-order chi connectivity index (χ1) is 9.58.